The number of primary amides is 1. The van der Waals surface area contributed by atoms with Crippen molar-refractivity contribution in [2.24, 2.45) is 29.0 Å². The van der Waals surface area contributed by atoms with E-state index in [2.05, 4.69) is 36.6 Å². The summed E-state index contributed by atoms with van der Waals surface area (Å²) in [7, 11) is 0. The van der Waals surface area contributed by atoms with E-state index in [0.29, 0.717) is 31.5 Å². The van der Waals surface area contributed by atoms with E-state index in [1.54, 1.807) is 0 Å². The Balaban J connectivity index is 3.20. The standard InChI is InChI=1S/C32H56N10O8/c1-6-18(4)26(35)31(48)38-19(5)27(44)39-21(9-7-8-12-33)28(45)41-23(13-17(2)3)29(46)42-24(14-20-15-36-16-37-20)30(47)40-22(32(49)50)10-11-25(34)43/h15-19,21-24,26H,6-14,33,35H2,1-5H3,(H2,34,43)(H,36,37)(H,38,48)(H,39,44)(H,40,47)(H,41,45)(H,42,46)(H,49,50)/t18-,19-,21-,22-,23-,24-,26-/m0/s1. The van der Waals surface area contributed by atoms with Gasteiger partial charge < -0.3 is 53.9 Å². The van der Waals surface area contributed by atoms with E-state index in [1.165, 1.54) is 19.4 Å². The van der Waals surface area contributed by atoms with Gasteiger partial charge in [-0.15, -0.1) is 0 Å². The predicted octanol–water partition coefficient (Wildman–Crippen LogP) is -1.71. The molecule has 6 amide bonds. The highest BCUT2D eigenvalue weighted by Gasteiger charge is 2.33. The van der Waals surface area contributed by atoms with Crippen molar-refractivity contribution >= 4 is 41.4 Å². The lowest BCUT2D eigenvalue weighted by molar-refractivity contribution is -0.142. The number of carbonyl (C=O) groups is 7. The summed E-state index contributed by atoms with van der Waals surface area (Å²) in [5.74, 6) is -5.75. The average molecular weight is 709 g/mol. The summed E-state index contributed by atoms with van der Waals surface area (Å²) in [6, 6.07) is -6.86. The number of hydrogen-bond acceptors (Lipinski definition) is 10. The second kappa shape index (κ2) is 22.2. The van der Waals surface area contributed by atoms with Crippen molar-refractivity contribution in [3.05, 3.63) is 18.2 Å². The fourth-order valence-corrected chi connectivity index (χ4v) is 4.84. The number of carboxylic acid groups (broad SMARTS) is 1. The van der Waals surface area contributed by atoms with E-state index in [1.807, 2.05) is 27.7 Å². The lowest BCUT2D eigenvalue weighted by Crippen LogP contribution is -2.59. The lowest BCUT2D eigenvalue weighted by Gasteiger charge is -2.27. The summed E-state index contributed by atoms with van der Waals surface area (Å²) in [5, 5.41) is 22.5. The molecule has 1 rings (SSSR count). The van der Waals surface area contributed by atoms with Gasteiger partial charge in [0, 0.05) is 24.7 Å². The zero-order chi connectivity index (χ0) is 38.0. The Morgan fingerprint density at radius 3 is 1.92 bits per heavy atom. The Morgan fingerprint density at radius 1 is 0.800 bits per heavy atom. The molecule has 1 aromatic rings. The minimum absolute atomic E-state index is 0.105. The molecule has 0 aliphatic carbocycles. The number of H-pyrrole nitrogens is 1. The van der Waals surface area contributed by atoms with Crippen LogP contribution in [0.1, 0.15) is 85.3 Å². The van der Waals surface area contributed by atoms with Crippen molar-refractivity contribution in [1.82, 2.24) is 36.6 Å². The van der Waals surface area contributed by atoms with Crippen LogP contribution in [0, 0.1) is 11.8 Å². The van der Waals surface area contributed by atoms with Gasteiger partial charge in [-0.25, -0.2) is 9.78 Å². The van der Waals surface area contributed by atoms with E-state index >= 15 is 0 Å². The molecule has 7 atom stereocenters. The van der Waals surface area contributed by atoms with Crippen molar-refractivity contribution in [1.29, 1.82) is 0 Å². The topological polar surface area (TPSA) is 307 Å². The Hall–Kier alpha value is -4.58. The first-order valence-corrected chi connectivity index (χ1v) is 17.0. The number of amides is 6. The molecular formula is C32H56N10O8. The number of nitrogens with two attached hydrogens (primary N) is 3. The van der Waals surface area contributed by atoms with E-state index in [9.17, 15) is 38.7 Å². The van der Waals surface area contributed by atoms with E-state index in [-0.39, 0.29) is 43.9 Å². The van der Waals surface area contributed by atoms with Crippen molar-refractivity contribution in [2.45, 2.75) is 122 Å². The van der Waals surface area contributed by atoms with Crippen LogP contribution in [0.15, 0.2) is 12.5 Å². The zero-order valence-corrected chi connectivity index (χ0v) is 29.6. The highest BCUT2D eigenvalue weighted by Crippen LogP contribution is 2.10. The molecular weight excluding hydrogens is 652 g/mol. The van der Waals surface area contributed by atoms with Crippen LogP contribution in [0.5, 0.6) is 0 Å². The minimum atomic E-state index is -1.46. The van der Waals surface area contributed by atoms with Crippen molar-refractivity contribution in [2.75, 3.05) is 6.54 Å². The number of hydrogen-bond donors (Lipinski definition) is 10. The van der Waals surface area contributed by atoms with E-state index in [4.69, 9.17) is 17.2 Å². The molecule has 18 heteroatoms. The molecule has 0 saturated heterocycles. The summed E-state index contributed by atoms with van der Waals surface area (Å²) in [4.78, 5) is 96.1. The fraction of sp³-hybridized carbons (Fsp3) is 0.688. The average Bonchev–Trinajstić information content (AvgIpc) is 3.57. The molecule has 0 spiro atoms. The first-order chi connectivity index (χ1) is 23.5. The van der Waals surface area contributed by atoms with E-state index in [0.717, 1.165) is 0 Å². The summed E-state index contributed by atoms with van der Waals surface area (Å²) in [6.07, 6.45) is 4.16. The highest BCUT2D eigenvalue weighted by molar-refractivity contribution is 5.96. The monoisotopic (exact) mass is 708 g/mol. The largest absolute Gasteiger partial charge is 0.480 e. The molecule has 0 saturated carbocycles. The second-order valence-electron chi connectivity index (χ2n) is 12.9. The number of carboxylic acids is 1. The highest BCUT2D eigenvalue weighted by atomic mass is 16.4. The number of aromatic amines is 1. The van der Waals surface area contributed by atoms with Crippen LogP contribution in [0.25, 0.3) is 0 Å². The molecule has 18 nitrogen and oxygen atoms in total. The van der Waals surface area contributed by atoms with Crippen LogP contribution in [0.2, 0.25) is 0 Å². The van der Waals surface area contributed by atoms with Crippen LogP contribution in [-0.2, 0) is 40.0 Å². The van der Waals surface area contributed by atoms with Gasteiger partial charge in [0.05, 0.1) is 12.4 Å². The number of rotatable bonds is 24. The summed E-state index contributed by atoms with van der Waals surface area (Å²) in [5.41, 5.74) is 17.2. The van der Waals surface area contributed by atoms with Crippen LogP contribution in [0.3, 0.4) is 0 Å². The smallest absolute Gasteiger partial charge is 0.326 e. The van der Waals surface area contributed by atoms with Crippen molar-refractivity contribution < 1.29 is 38.7 Å². The van der Waals surface area contributed by atoms with Gasteiger partial charge in [0.2, 0.25) is 35.4 Å². The van der Waals surface area contributed by atoms with Gasteiger partial charge in [-0.1, -0.05) is 34.1 Å². The number of imidazole rings is 1. The third-order valence-electron chi connectivity index (χ3n) is 8.14. The van der Waals surface area contributed by atoms with Gasteiger partial charge in [-0.3, -0.25) is 28.8 Å². The zero-order valence-electron chi connectivity index (χ0n) is 29.6. The molecule has 0 aliphatic rings. The van der Waals surface area contributed by atoms with Crippen LogP contribution in [0.4, 0.5) is 0 Å². The summed E-state index contributed by atoms with van der Waals surface area (Å²) >= 11 is 0. The second-order valence-corrected chi connectivity index (χ2v) is 12.9. The van der Waals surface area contributed by atoms with Gasteiger partial charge in [0.1, 0.15) is 30.2 Å². The molecule has 0 radical (unpaired) electrons. The number of aromatic nitrogens is 2. The predicted molar refractivity (Wildman–Crippen MR) is 183 cm³/mol. The minimum Gasteiger partial charge on any atom is -0.480 e. The van der Waals surface area contributed by atoms with Crippen LogP contribution >= 0.6 is 0 Å². The maximum atomic E-state index is 13.7. The van der Waals surface area contributed by atoms with Gasteiger partial charge in [-0.05, 0) is 57.4 Å². The van der Waals surface area contributed by atoms with Crippen LogP contribution < -0.4 is 43.8 Å². The first-order valence-electron chi connectivity index (χ1n) is 17.0. The number of aliphatic carboxylic acids is 1. The van der Waals surface area contributed by atoms with Gasteiger partial charge >= 0.3 is 5.97 Å². The molecule has 50 heavy (non-hydrogen) atoms. The number of unbranched alkanes of at least 4 members (excludes halogenated alkanes) is 1. The van der Waals surface area contributed by atoms with Gasteiger partial charge in [0.15, 0.2) is 0 Å². The Morgan fingerprint density at radius 2 is 1.38 bits per heavy atom. The van der Waals surface area contributed by atoms with E-state index < -0.39 is 77.7 Å². The molecule has 1 aromatic heterocycles. The Bertz CT molecular complexity index is 1280. The quantitative estimate of drug-likeness (QED) is 0.0540. The maximum Gasteiger partial charge on any atom is 0.326 e. The Labute approximate surface area is 292 Å². The maximum absolute atomic E-state index is 13.7. The summed E-state index contributed by atoms with van der Waals surface area (Å²) < 4.78 is 0. The normalized spacial score (nSPS) is 15.4. The van der Waals surface area contributed by atoms with Gasteiger partial charge in [-0.2, -0.15) is 0 Å². The first kappa shape index (κ1) is 43.4. The number of nitrogens with zero attached hydrogens (tertiary/aromatic N) is 1. The molecule has 1 heterocycles. The fourth-order valence-electron chi connectivity index (χ4n) is 4.84. The van der Waals surface area contributed by atoms with Crippen molar-refractivity contribution in [3.8, 4) is 0 Å². The Kier molecular flexibility index (Phi) is 19.3. The molecule has 0 aromatic carbocycles. The summed E-state index contributed by atoms with van der Waals surface area (Å²) in [6.45, 7) is 9.18. The molecule has 13 N–H and O–H groups in total. The lowest BCUT2D eigenvalue weighted by atomic mass is 9.99. The molecule has 0 unspecified atom stereocenters. The van der Waals surface area contributed by atoms with Gasteiger partial charge in [0.25, 0.3) is 0 Å². The molecule has 282 valence electrons. The van der Waals surface area contributed by atoms with Crippen molar-refractivity contribution in [3.63, 3.8) is 0 Å². The third-order valence-corrected chi connectivity index (χ3v) is 8.14. The number of carbonyl (C=O) groups excluding carboxylic acids is 6. The van der Waals surface area contributed by atoms with Crippen LogP contribution in [-0.4, -0.2) is 99.3 Å². The molecule has 0 aliphatic heterocycles. The molecule has 0 bridgehead atoms. The number of nitrogens with one attached hydrogen (secondary N) is 6. The third kappa shape index (κ3) is 15.8. The molecule has 0 fully saturated rings. The SMILES string of the molecule is CC[C@H](C)[C@H](N)C(=O)N[C@@H](C)C(=O)N[C@@H](CCCCN)C(=O)N[C@@H](CC(C)C)C(=O)N[C@@H](Cc1cnc[nH]1)C(=O)N[C@@H](CCC(N)=O)C(=O)O.